The lowest BCUT2D eigenvalue weighted by atomic mass is 10.2. The zero-order chi connectivity index (χ0) is 13.0. The van der Waals surface area contributed by atoms with Crippen LogP contribution in [0.25, 0.3) is 0 Å². The van der Waals surface area contributed by atoms with E-state index in [1.807, 2.05) is 16.8 Å². The number of methoxy groups -OCH3 is 1. The number of thiophene rings is 1. The second kappa shape index (κ2) is 6.02. The molecule has 0 unspecified atom stereocenters. The Labute approximate surface area is 117 Å². The van der Waals surface area contributed by atoms with Gasteiger partial charge in [0, 0.05) is 5.56 Å². The summed E-state index contributed by atoms with van der Waals surface area (Å²) in [6.45, 7) is 0.471. The monoisotopic (exact) mass is 326 g/mol. The van der Waals surface area contributed by atoms with E-state index in [0.717, 1.165) is 11.8 Å². The molecular formula is C13H11BrO3S. The molecule has 0 saturated heterocycles. The van der Waals surface area contributed by atoms with Gasteiger partial charge in [0.2, 0.25) is 0 Å². The Bertz CT molecular complexity index is 537. The van der Waals surface area contributed by atoms with Crippen molar-refractivity contribution in [2.45, 2.75) is 6.61 Å². The standard InChI is InChI=1S/C13H11BrO3S/c1-16-12-5-10(6-15)4-11(14)13(12)17-7-9-2-3-18-8-9/h2-6,8H,7H2,1H3. The number of carbonyl (C=O) groups is 1. The van der Waals surface area contributed by atoms with Crippen molar-refractivity contribution in [2.75, 3.05) is 7.11 Å². The number of rotatable bonds is 5. The Morgan fingerprint density at radius 1 is 1.44 bits per heavy atom. The summed E-state index contributed by atoms with van der Waals surface area (Å²) in [5, 5.41) is 4.03. The SMILES string of the molecule is COc1cc(C=O)cc(Br)c1OCc1ccsc1. The summed E-state index contributed by atoms with van der Waals surface area (Å²) < 4.78 is 11.7. The Hall–Kier alpha value is -1.33. The molecule has 0 aliphatic rings. The van der Waals surface area contributed by atoms with E-state index in [1.54, 1.807) is 30.6 Å². The largest absolute Gasteiger partial charge is 0.493 e. The summed E-state index contributed by atoms with van der Waals surface area (Å²) >= 11 is 5.01. The van der Waals surface area contributed by atoms with Gasteiger partial charge >= 0.3 is 0 Å². The minimum absolute atomic E-state index is 0.471. The second-order valence-corrected chi connectivity index (χ2v) is 5.21. The molecule has 94 valence electrons. The number of aldehydes is 1. The number of benzene rings is 1. The maximum Gasteiger partial charge on any atom is 0.175 e. The Balaban J connectivity index is 2.23. The molecule has 2 rings (SSSR count). The van der Waals surface area contributed by atoms with Gasteiger partial charge in [-0.05, 0) is 50.5 Å². The molecule has 0 bridgehead atoms. The molecule has 1 aromatic heterocycles. The van der Waals surface area contributed by atoms with Crippen molar-refractivity contribution in [3.05, 3.63) is 44.6 Å². The molecule has 0 fully saturated rings. The van der Waals surface area contributed by atoms with Gasteiger partial charge < -0.3 is 9.47 Å². The van der Waals surface area contributed by atoms with Gasteiger partial charge in [-0.3, -0.25) is 4.79 Å². The first-order chi connectivity index (χ1) is 8.74. The Morgan fingerprint density at radius 2 is 2.28 bits per heavy atom. The van der Waals surface area contributed by atoms with Crippen LogP contribution < -0.4 is 9.47 Å². The van der Waals surface area contributed by atoms with Crippen molar-refractivity contribution in [3.8, 4) is 11.5 Å². The normalized spacial score (nSPS) is 10.1. The van der Waals surface area contributed by atoms with Gasteiger partial charge in [0.15, 0.2) is 11.5 Å². The third-order valence-electron chi connectivity index (χ3n) is 2.35. The maximum atomic E-state index is 10.8. The van der Waals surface area contributed by atoms with Gasteiger partial charge in [-0.15, -0.1) is 0 Å². The van der Waals surface area contributed by atoms with Crippen LogP contribution in [0.2, 0.25) is 0 Å². The number of carbonyl (C=O) groups excluding carboxylic acids is 1. The van der Waals surface area contributed by atoms with E-state index in [1.165, 1.54) is 0 Å². The van der Waals surface area contributed by atoms with Crippen molar-refractivity contribution in [2.24, 2.45) is 0 Å². The molecule has 0 atom stereocenters. The molecule has 2 aromatic rings. The zero-order valence-electron chi connectivity index (χ0n) is 9.68. The number of ether oxygens (including phenoxy) is 2. The average Bonchev–Trinajstić information content (AvgIpc) is 2.89. The van der Waals surface area contributed by atoms with Gasteiger partial charge in [0.1, 0.15) is 12.9 Å². The molecule has 0 N–H and O–H groups in total. The van der Waals surface area contributed by atoms with Crippen molar-refractivity contribution < 1.29 is 14.3 Å². The first kappa shape index (κ1) is 13.1. The number of hydrogen-bond donors (Lipinski definition) is 0. The molecule has 0 spiro atoms. The lowest BCUT2D eigenvalue weighted by molar-refractivity contribution is 0.112. The summed E-state index contributed by atoms with van der Waals surface area (Å²) in [5.74, 6) is 1.15. The molecule has 0 radical (unpaired) electrons. The minimum atomic E-state index is 0.471. The smallest absolute Gasteiger partial charge is 0.175 e. The predicted octanol–water partition coefficient (Wildman–Crippen LogP) is 3.91. The fourth-order valence-corrected chi connectivity index (χ4v) is 2.71. The van der Waals surface area contributed by atoms with E-state index in [-0.39, 0.29) is 0 Å². The molecule has 0 amide bonds. The Kier molecular flexibility index (Phi) is 4.38. The predicted molar refractivity (Wildman–Crippen MR) is 74.7 cm³/mol. The quantitative estimate of drug-likeness (QED) is 0.781. The summed E-state index contributed by atoms with van der Waals surface area (Å²) in [6.07, 6.45) is 0.774. The highest BCUT2D eigenvalue weighted by atomic mass is 79.9. The van der Waals surface area contributed by atoms with E-state index >= 15 is 0 Å². The fraction of sp³-hybridized carbons (Fsp3) is 0.154. The van der Waals surface area contributed by atoms with Crippen LogP contribution in [0.4, 0.5) is 0 Å². The maximum absolute atomic E-state index is 10.8. The lowest BCUT2D eigenvalue weighted by Gasteiger charge is -2.12. The summed E-state index contributed by atoms with van der Waals surface area (Å²) in [7, 11) is 1.55. The highest BCUT2D eigenvalue weighted by molar-refractivity contribution is 9.10. The van der Waals surface area contributed by atoms with Gasteiger partial charge in [-0.25, -0.2) is 0 Å². The number of halogens is 1. The minimum Gasteiger partial charge on any atom is -0.493 e. The molecule has 1 heterocycles. The molecule has 1 aromatic carbocycles. The van der Waals surface area contributed by atoms with Crippen LogP contribution in [0.5, 0.6) is 11.5 Å². The molecule has 0 aliphatic carbocycles. The molecular weight excluding hydrogens is 316 g/mol. The van der Waals surface area contributed by atoms with Crippen LogP contribution in [0.15, 0.2) is 33.4 Å². The third-order valence-corrected chi connectivity index (χ3v) is 3.67. The van der Waals surface area contributed by atoms with E-state index in [9.17, 15) is 4.79 Å². The number of hydrogen-bond acceptors (Lipinski definition) is 4. The molecule has 0 aliphatic heterocycles. The fourth-order valence-electron chi connectivity index (χ4n) is 1.48. The van der Waals surface area contributed by atoms with Crippen molar-refractivity contribution in [1.82, 2.24) is 0 Å². The van der Waals surface area contributed by atoms with Crippen LogP contribution in [0.3, 0.4) is 0 Å². The van der Waals surface area contributed by atoms with Gasteiger partial charge in [-0.1, -0.05) is 0 Å². The van der Waals surface area contributed by atoms with Gasteiger partial charge in [-0.2, -0.15) is 11.3 Å². The van der Waals surface area contributed by atoms with Crippen molar-refractivity contribution in [3.63, 3.8) is 0 Å². The summed E-state index contributed by atoms with van der Waals surface area (Å²) in [6, 6.07) is 5.37. The zero-order valence-corrected chi connectivity index (χ0v) is 12.1. The van der Waals surface area contributed by atoms with Gasteiger partial charge in [0.05, 0.1) is 11.6 Å². The highest BCUT2D eigenvalue weighted by Crippen LogP contribution is 2.36. The van der Waals surface area contributed by atoms with E-state index in [4.69, 9.17) is 9.47 Å². The van der Waals surface area contributed by atoms with E-state index in [2.05, 4.69) is 15.9 Å². The van der Waals surface area contributed by atoms with Crippen molar-refractivity contribution in [1.29, 1.82) is 0 Å². The van der Waals surface area contributed by atoms with Crippen LogP contribution >= 0.6 is 27.3 Å². The van der Waals surface area contributed by atoms with Crippen LogP contribution in [-0.2, 0) is 6.61 Å². The molecule has 3 nitrogen and oxygen atoms in total. The topological polar surface area (TPSA) is 35.5 Å². The Morgan fingerprint density at radius 3 is 2.89 bits per heavy atom. The lowest BCUT2D eigenvalue weighted by Crippen LogP contribution is -1.98. The van der Waals surface area contributed by atoms with Crippen LogP contribution in [0, 0.1) is 0 Å². The second-order valence-electron chi connectivity index (χ2n) is 3.57. The summed E-state index contributed by atoms with van der Waals surface area (Å²) in [5.41, 5.74) is 1.65. The van der Waals surface area contributed by atoms with Crippen molar-refractivity contribution >= 4 is 33.6 Å². The van der Waals surface area contributed by atoms with E-state index in [0.29, 0.717) is 28.1 Å². The van der Waals surface area contributed by atoms with Gasteiger partial charge in [0.25, 0.3) is 0 Å². The first-order valence-corrected chi connectivity index (χ1v) is 6.94. The highest BCUT2D eigenvalue weighted by Gasteiger charge is 2.11. The average molecular weight is 327 g/mol. The van der Waals surface area contributed by atoms with Crippen LogP contribution in [0.1, 0.15) is 15.9 Å². The van der Waals surface area contributed by atoms with E-state index < -0.39 is 0 Å². The molecule has 18 heavy (non-hydrogen) atoms. The first-order valence-electron chi connectivity index (χ1n) is 5.21. The third kappa shape index (κ3) is 2.91. The molecule has 5 heteroatoms. The summed E-state index contributed by atoms with van der Waals surface area (Å²) in [4.78, 5) is 10.8. The van der Waals surface area contributed by atoms with Crippen LogP contribution in [-0.4, -0.2) is 13.4 Å². The molecule has 0 saturated carbocycles.